The predicted molar refractivity (Wildman–Crippen MR) is 141 cm³/mol. The lowest BCUT2D eigenvalue weighted by atomic mass is 10.00. The molecule has 7 heteroatoms. The van der Waals surface area contributed by atoms with E-state index in [0.717, 1.165) is 22.1 Å². The number of rotatable bonds is 9. The van der Waals surface area contributed by atoms with Crippen LogP contribution in [0.4, 0.5) is 0 Å². The molecule has 0 amide bonds. The lowest BCUT2D eigenvalue weighted by molar-refractivity contribution is 0.284. The van der Waals surface area contributed by atoms with Gasteiger partial charge in [-0.05, 0) is 52.9 Å². The Labute approximate surface area is 210 Å². The Balaban J connectivity index is 1.88. The highest BCUT2D eigenvalue weighted by Gasteiger charge is 2.18. The number of pyridine rings is 1. The Morgan fingerprint density at radius 1 is 0.806 bits per heavy atom. The van der Waals surface area contributed by atoms with Crippen molar-refractivity contribution in [3.8, 4) is 34.3 Å². The second-order valence-electron chi connectivity index (χ2n) is 8.09. The number of nitrogens with zero attached hydrogens (tertiary/aromatic N) is 1. The van der Waals surface area contributed by atoms with Gasteiger partial charge in [-0.25, -0.2) is 0 Å². The van der Waals surface area contributed by atoms with Crippen molar-refractivity contribution in [1.29, 1.82) is 0 Å². The third kappa shape index (κ3) is 4.86. The zero-order chi connectivity index (χ0) is 25.7. The molecule has 4 aromatic rings. The van der Waals surface area contributed by atoms with Crippen molar-refractivity contribution in [2.24, 2.45) is 7.05 Å². The molecule has 0 aliphatic carbocycles. The van der Waals surface area contributed by atoms with Crippen molar-refractivity contribution in [3.05, 3.63) is 88.4 Å². The minimum atomic E-state index is -0.159. The first kappa shape index (κ1) is 24.7. The normalized spacial score (nSPS) is 11.0. The Kier molecular flexibility index (Phi) is 7.49. The predicted octanol–water partition coefficient (Wildman–Crippen LogP) is 5.43. The summed E-state index contributed by atoms with van der Waals surface area (Å²) in [7, 11) is 8.03. The van der Waals surface area contributed by atoms with Crippen LogP contribution >= 0.6 is 0 Å². The van der Waals surface area contributed by atoms with Crippen LogP contribution in [0, 0.1) is 0 Å². The molecule has 0 N–H and O–H groups in total. The topological polar surface area (TPSA) is 68.2 Å². The van der Waals surface area contributed by atoms with Crippen LogP contribution in [-0.2, 0) is 18.4 Å². The SMILES string of the molecule is CO/C=C/c1cc(OCc2ccccc2)c(OC)cc1-c1cc2cc(OC)c(OC)cc2c(=O)n1C. The van der Waals surface area contributed by atoms with Gasteiger partial charge in [-0.3, -0.25) is 4.79 Å². The summed E-state index contributed by atoms with van der Waals surface area (Å²) in [5, 5.41) is 1.26. The average Bonchev–Trinajstić information content (AvgIpc) is 2.92. The molecule has 186 valence electrons. The summed E-state index contributed by atoms with van der Waals surface area (Å²) in [5.41, 5.74) is 3.16. The molecule has 0 saturated heterocycles. The molecular formula is C29H29NO6. The summed E-state index contributed by atoms with van der Waals surface area (Å²) < 4.78 is 29.4. The highest BCUT2D eigenvalue weighted by molar-refractivity contribution is 5.90. The van der Waals surface area contributed by atoms with Crippen molar-refractivity contribution in [2.75, 3.05) is 28.4 Å². The van der Waals surface area contributed by atoms with Gasteiger partial charge < -0.3 is 28.3 Å². The lowest BCUT2D eigenvalue weighted by Gasteiger charge is -2.18. The van der Waals surface area contributed by atoms with E-state index in [1.54, 1.807) is 58.4 Å². The van der Waals surface area contributed by atoms with Crippen molar-refractivity contribution >= 4 is 16.8 Å². The molecule has 36 heavy (non-hydrogen) atoms. The number of ether oxygens (including phenoxy) is 5. The fraction of sp³-hybridized carbons (Fsp3) is 0.207. The number of hydrogen-bond donors (Lipinski definition) is 0. The first-order valence-corrected chi connectivity index (χ1v) is 11.3. The molecule has 0 radical (unpaired) electrons. The Hall–Kier alpha value is -4.39. The fourth-order valence-electron chi connectivity index (χ4n) is 4.08. The molecule has 4 rings (SSSR count). The van der Waals surface area contributed by atoms with E-state index in [1.807, 2.05) is 54.6 Å². The zero-order valence-electron chi connectivity index (χ0n) is 21.0. The van der Waals surface area contributed by atoms with Gasteiger partial charge in [0.05, 0.1) is 45.8 Å². The standard InChI is InChI=1S/C29H29NO6/c1-30-24(13-21-15-25(33-3)26(34-4)17-23(21)29(30)31)22-16-27(35-5)28(14-20(22)11-12-32-2)36-18-19-9-7-6-8-10-19/h6-17H,18H2,1-5H3/b12-11+. The summed E-state index contributed by atoms with van der Waals surface area (Å²) in [6, 6.07) is 19.1. The molecule has 0 saturated carbocycles. The van der Waals surface area contributed by atoms with Gasteiger partial charge in [0.1, 0.15) is 6.61 Å². The van der Waals surface area contributed by atoms with Crippen molar-refractivity contribution < 1.29 is 23.7 Å². The van der Waals surface area contributed by atoms with Crippen LogP contribution in [0.1, 0.15) is 11.1 Å². The number of methoxy groups -OCH3 is 4. The maximum Gasteiger partial charge on any atom is 0.258 e. The third-order valence-electron chi connectivity index (χ3n) is 5.98. The van der Waals surface area contributed by atoms with Crippen LogP contribution in [0.3, 0.4) is 0 Å². The molecule has 3 aromatic carbocycles. The van der Waals surface area contributed by atoms with Gasteiger partial charge in [0.15, 0.2) is 23.0 Å². The van der Waals surface area contributed by atoms with Crippen molar-refractivity contribution in [2.45, 2.75) is 6.61 Å². The van der Waals surface area contributed by atoms with Gasteiger partial charge in [0.2, 0.25) is 0 Å². The van der Waals surface area contributed by atoms with E-state index in [9.17, 15) is 4.79 Å². The molecule has 0 aliphatic rings. The molecule has 0 spiro atoms. The summed E-state index contributed by atoms with van der Waals surface area (Å²) in [5.74, 6) is 2.18. The minimum Gasteiger partial charge on any atom is -0.504 e. The summed E-state index contributed by atoms with van der Waals surface area (Å²) >= 11 is 0. The summed E-state index contributed by atoms with van der Waals surface area (Å²) in [4.78, 5) is 13.4. The van der Waals surface area contributed by atoms with Crippen molar-refractivity contribution in [1.82, 2.24) is 4.57 Å². The molecule has 0 atom stereocenters. The fourth-order valence-corrected chi connectivity index (χ4v) is 4.08. The van der Waals surface area contributed by atoms with E-state index >= 15 is 0 Å². The van der Waals surface area contributed by atoms with Crippen molar-refractivity contribution in [3.63, 3.8) is 0 Å². The molecular weight excluding hydrogens is 458 g/mol. The molecule has 7 nitrogen and oxygen atoms in total. The first-order chi connectivity index (χ1) is 17.5. The number of fused-ring (bicyclic) bond motifs is 1. The van der Waals surface area contributed by atoms with Crippen LogP contribution in [0.2, 0.25) is 0 Å². The summed E-state index contributed by atoms with van der Waals surface area (Å²) in [6.07, 6.45) is 3.41. The molecule has 0 unspecified atom stereocenters. The monoisotopic (exact) mass is 487 g/mol. The van der Waals surface area contributed by atoms with Gasteiger partial charge in [-0.2, -0.15) is 0 Å². The van der Waals surface area contributed by atoms with E-state index < -0.39 is 0 Å². The van der Waals surface area contributed by atoms with Crippen LogP contribution in [0.5, 0.6) is 23.0 Å². The smallest absolute Gasteiger partial charge is 0.258 e. The van der Waals surface area contributed by atoms with E-state index in [0.29, 0.717) is 40.7 Å². The number of hydrogen-bond acceptors (Lipinski definition) is 6. The van der Waals surface area contributed by atoms with Crippen LogP contribution in [0.25, 0.3) is 28.1 Å². The maximum atomic E-state index is 13.4. The highest BCUT2D eigenvalue weighted by Crippen LogP contribution is 2.38. The van der Waals surface area contributed by atoms with Gasteiger partial charge in [-0.1, -0.05) is 30.3 Å². The zero-order valence-corrected chi connectivity index (χ0v) is 21.0. The van der Waals surface area contributed by atoms with E-state index in [2.05, 4.69) is 0 Å². The van der Waals surface area contributed by atoms with Gasteiger partial charge in [0, 0.05) is 12.6 Å². The van der Waals surface area contributed by atoms with E-state index in [-0.39, 0.29) is 5.56 Å². The highest BCUT2D eigenvalue weighted by atomic mass is 16.5. The average molecular weight is 488 g/mol. The quantitative estimate of drug-likeness (QED) is 0.294. The van der Waals surface area contributed by atoms with Gasteiger partial charge >= 0.3 is 0 Å². The van der Waals surface area contributed by atoms with Gasteiger partial charge in [0.25, 0.3) is 5.56 Å². The first-order valence-electron chi connectivity index (χ1n) is 11.3. The Morgan fingerprint density at radius 3 is 2.14 bits per heavy atom. The van der Waals surface area contributed by atoms with Crippen LogP contribution in [-0.4, -0.2) is 33.0 Å². The van der Waals surface area contributed by atoms with Crippen LogP contribution in [0.15, 0.2) is 71.7 Å². The Morgan fingerprint density at radius 2 is 1.47 bits per heavy atom. The maximum absolute atomic E-state index is 13.4. The van der Waals surface area contributed by atoms with E-state index in [4.69, 9.17) is 23.7 Å². The Bertz CT molecular complexity index is 1460. The number of benzene rings is 3. The molecule has 0 fully saturated rings. The summed E-state index contributed by atoms with van der Waals surface area (Å²) in [6.45, 7) is 0.389. The minimum absolute atomic E-state index is 0.159. The van der Waals surface area contributed by atoms with E-state index in [1.165, 1.54) is 0 Å². The molecule has 1 aromatic heterocycles. The second-order valence-corrected chi connectivity index (χ2v) is 8.09. The van der Waals surface area contributed by atoms with Crippen LogP contribution < -0.4 is 24.5 Å². The largest absolute Gasteiger partial charge is 0.504 e. The van der Waals surface area contributed by atoms with Gasteiger partial charge in [-0.15, -0.1) is 0 Å². The lowest BCUT2D eigenvalue weighted by Crippen LogP contribution is -2.19. The second kappa shape index (κ2) is 10.9. The molecule has 1 heterocycles. The molecule has 0 bridgehead atoms. The third-order valence-corrected chi connectivity index (χ3v) is 5.98. The molecule has 0 aliphatic heterocycles. The number of aromatic nitrogens is 1.